The van der Waals surface area contributed by atoms with Gasteiger partial charge >= 0.3 is 0 Å². The molecule has 0 aromatic heterocycles. The molecule has 1 N–H and O–H groups in total. The van der Waals surface area contributed by atoms with Crippen LogP contribution in [0.3, 0.4) is 0 Å². The van der Waals surface area contributed by atoms with Crippen molar-refractivity contribution in [3.63, 3.8) is 0 Å². The Morgan fingerprint density at radius 1 is 1.19 bits per heavy atom. The van der Waals surface area contributed by atoms with E-state index >= 15 is 0 Å². The number of benzene rings is 1. The molecule has 3 heteroatoms. The number of hydrogen-bond acceptors (Lipinski definition) is 2. The van der Waals surface area contributed by atoms with Gasteiger partial charge in [0, 0.05) is 6.04 Å². The van der Waals surface area contributed by atoms with E-state index in [1.165, 1.54) is 5.56 Å². The monoisotopic (exact) mass is 288 g/mol. The minimum absolute atomic E-state index is 0.0163. The zero-order valence-corrected chi connectivity index (χ0v) is 13.7. The zero-order valence-electron chi connectivity index (χ0n) is 13.7. The van der Waals surface area contributed by atoms with Crippen LogP contribution >= 0.6 is 0 Å². The second-order valence-electron chi connectivity index (χ2n) is 6.29. The average Bonchev–Trinajstić information content (AvgIpc) is 2.79. The van der Waals surface area contributed by atoms with Crippen molar-refractivity contribution in [3.8, 4) is 0 Å². The van der Waals surface area contributed by atoms with E-state index in [0.717, 1.165) is 19.3 Å². The van der Waals surface area contributed by atoms with Gasteiger partial charge in [0.1, 0.15) is 6.17 Å². The van der Waals surface area contributed by atoms with Crippen LogP contribution in [0.5, 0.6) is 0 Å². The summed E-state index contributed by atoms with van der Waals surface area (Å²) in [5, 5.41) is 3.55. The first-order valence-corrected chi connectivity index (χ1v) is 8.23. The van der Waals surface area contributed by atoms with Gasteiger partial charge in [-0.2, -0.15) is 0 Å². The fourth-order valence-corrected chi connectivity index (χ4v) is 3.38. The van der Waals surface area contributed by atoms with Crippen LogP contribution in [0.15, 0.2) is 30.3 Å². The number of rotatable bonds is 6. The van der Waals surface area contributed by atoms with E-state index in [0.29, 0.717) is 5.92 Å². The molecule has 1 heterocycles. The Morgan fingerprint density at radius 2 is 1.86 bits per heavy atom. The predicted molar refractivity (Wildman–Crippen MR) is 86.8 cm³/mol. The highest BCUT2D eigenvalue weighted by atomic mass is 16.2. The molecule has 1 aromatic rings. The second kappa shape index (κ2) is 7.08. The number of nitrogens with one attached hydrogen (secondary N) is 1. The molecule has 3 unspecified atom stereocenters. The van der Waals surface area contributed by atoms with E-state index < -0.39 is 0 Å². The molecule has 1 aliphatic rings. The molecular weight excluding hydrogens is 260 g/mol. The summed E-state index contributed by atoms with van der Waals surface area (Å²) in [6.07, 6.45) is 2.94. The van der Waals surface area contributed by atoms with Gasteiger partial charge in [0.05, 0.1) is 6.04 Å². The smallest absolute Gasteiger partial charge is 0.241 e. The molecule has 0 bridgehead atoms. The molecule has 21 heavy (non-hydrogen) atoms. The molecule has 1 amide bonds. The first kappa shape index (κ1) is 16.0. The minimum Gasteiger partial charge on any atom is -0.318 e. The fourth-order valence-electron chi connectivity index (χ4n) is 3.38. The molecule has 3 nitrogen and oxygen atoms in total. The molecule has 1 aromatic carbocycles. The van der Waals surface area contributed by atoms with E-state index in [1.807, 2.05) is 18.2 Å². The van der Waals surface area contributed by atoms with Crippen LogP contribution in [-0.4, -0.2) is 22.9 Å². The van der Waals surface area contributed by atoms with Gasteiger partial charge in [-0.05, 0) is 24.3 Å². The van der Waals surface area contributed by atoms with E-state index in [4.69, 9.17) is 0 Å². The molecule has 1 saturated heterocycles. The van der Waals surface area contributed by atoms with Crippen LogP contribution < -0.4 is 5.32 Å². The molecule has 0 aliphatic carbocycles. The number of carbonyl (C=O) groups excluding carboxylic acids is 1. The van der Waals surface area contributed by atoms with Gasteiger partial charge in [0.15, 0.2) is 0 Å². The molecule has 116 valence electrons. The maximum atomic E-state index is 12.8. The molecule has 1 fully saturated rings. The lowest BCUT2D eigenvalue weighted by atomic mass is 9.98. The van der Waals surface area contributed by atoms with Gasteiger partial charge in [-0.15, -0.1) is 0 Å². The summed E-state index contributed by atoms with van der Waals surface area (Å²) in [5.74, 6) is 0.735. The lowest BCUT2D eigenvalue weighted by Crippen LogP contribution is -2.42. The Hall–Kier alpha value is -1.35. The van der Waals surface area contributed by atoms with Gasteiger partial charge < -0.3 is 4.90 Å². The third kappa shape index (κ3) is 3.29. The van der Waals surface area contributed by atoms with Gasteiger partial charge in [0.25, 0.3) is 0 Å². The fraction of sp³-hybridized carbons (Fsp3) is 0.611. The Bertz CT molecular complexity index is 458. The summed E-state index contributed by atoms with van der Waals surface area (Å²) in [6.45, 7) is 8.72. The van der Waals surface area contributed by atoms with Crippen molar-refractivity contribution in [2.24, 2.45) is 5.92 Å². The van der Waals surface area contributed by atoms with Crippen molar-refractivity contribution in [1.82, 2.24) is 10.2 Å². The molecule has 0 radical (unpaired) electrons. The van der Waals surface area contributed by atoms with Crippen molar-refractivity contribution in [2.45, 2.75) is 65.2 Å². The van der Waals surface area contributed by atoms with Gasteiger partial charge in [-0.1, -0.05) is 64.4 Å². The van der Waals surface area contributed by atoms with Gasteiger partial charge in [-0.25, -0.2) is 0 Å². The standard InChI is InChI=1S/C18H28N2O/c1-5-10-15-18(21)20(16(6-2)13(3)4)17(19-15)14-11-8-7-9-12-14/h7-9,11-13,15-17,19H,5-6,10H2,1-4H3. The molecule has 2 rings (SSSR count). The van der Waals surface area contributed by atoms with Crippen LogP contribution in [0.2, 0.25) is 0 Å². The van der Waals surface area contributed by atoms with E-state index in [2.05, 4.69) is 50.0 Å². The van der Waals surface area contributed by atoms with Crippen LogP contribution in [-0.2, 0) is 4.79 Å². The molecule has 3 atom stereocenters. The Labute approximate surface area is 128 Å². The highest BCUT2D eigenvalue weighted by molar-refractivity contribution is 5.85. The average molecular weight is 288 g/mol. The normalized spacial score (nSPS) is 23.9. The highest BCUT2D eigenvalue weighted by Gasteiger charge is 2.42. The summed E-state index contributed by atoms with van der Waals surface area (Å²) >= 11 is 0. The van der Waals surface area contributed by atoms with Crippen LogP contribution in [0.1, 0.15) is 58.7 Å². The highest BCUT2D eigenvalue weighted by Crippen LogP contribution is 2.32. The van der Waals surface area contributed by atoms with Crippen LogP contribution in [0, 0.1) is 5.92 Å². The van der Waals surface area contributed by atoms with Crippen molar-refractivity contribution < 1.29 is 4.79 Å². The zero-order chi connectivity index (χ0) is 15.4. The lowest BCUT2D eigenvalue weighted by Gasteiger charge is -2.35. The van der Waals surface area contributed by atoms with E-state index in [1.54, 1.807) is 0 Å². The number of amides is 1. The minimum atomic E-state index is -0.0343. The molecule has 0 saturated carbocycles. The SMILES string of the molecule is CCCC1NC(c2ccccc2)N(C(CC)C(C)C)C1=O. The van der Waals surface area contributed by atoms with Gasteiger partial charge in [0.2, 0.25) is 5.91 Å². The predicted octanol–water partition coefficient (Wildman–Crippen LogP) is 3.72. The van der Waals surface area contributed by atoms with Crippen molar-refractivity contribution in [2.75, 3.05) is 0 Å². The summed E-state index contributed by atoms with van der Waals surface area (Å²) in [7, 11) is 0. The molecular formula is C18H28N2O. The Balaban J connectivity index is 2.33. The van der Waals surface area contributed by atoms with Crippen LogP contribution in [0.4, 0.5) is 0 Å². The third-order valence-corrected chi connectivity index (χ3v) is 4.43. The molecule has 1 aliphatic heterocycles. The Morgan fingerprint density at radius 3 is 2.38 bits per heavy atom. The van der Waals surface area contributed by atoms with Crippen molar-refractivity contribution in [3.05, 3.63) is 35.9 Å². The summed E-state index contributed by atoms with van der Waals surface area (Å²) < 4.78 is 0. The van der Waals surface area contributed by atoms with Gasteiger partial charge in [-0.3, -0.25) is 10.1 Å². The number of nitrogens with zero attached hydrogens (tertiary/aromatic N) is 1. The Kier molecular flexibility index (Phi) is 5.40. The largest absolute Gasteiger partial charge is 0.318 e. The summed E-state index contributed by atoms with van der Waals surface area (Å²) in [6, 6.07) is 10.6. The maximum absolute atomic E-state index is 12.8. The van der Waals surface area contributed by atoms with Crippen LogP contribution in [0.25, 0.3) is 0 Å². The number of carbonyl (C=O) groups is 1. The first-order chi connectivity index (χ1) is 10.1. The number of hydrogen-bond donors (Lipinski definition) is 1. The second-order valence-corrected chi connectivity index (χ2v) is 6.29. The van der Waals surface area contributed by atoms with Crippen molar-refractivity contribution >= 4 is 5.91 Å². The molecule has 0 spiro atoms. The first-order valence-electron chi connectivity index (χ1n) is 8.23. The van der Waals surface area contributed by atoms with E-state index in [9.17, 15) is 4.79 Å². The summed E-state index contributed by atoms with van der Waals surface area (Å²) in [5.41, 5.74) is 1.18. The maximum Gasteiger partial charge on any atom is 0.241 e. The third-order valence-electron chi connectivity index (χ3n) is 4.43. The van der Waals surface area contributed by atoms with Crippen molar-refractivity contribution in [1.29, 1.82) is 0 Å². The lowest BCUT2D eigenvalue weighted by molar-refractivity contribution is -0.133. The van der Waals surface area contributed by atoms with E-state index in [-0.39, 0.29) is 24.2 Å². The quantitative estimate of drug-likeness (QED) is 0.865. The summed E-state index contributed by atoms with van der Waals surface area (Å²) in [4.78, 5) is 14.9. The topological polar surface area (TPSA) is 32.3 Å².